The van der Waals surface area contributed by atoms with E-state index in [-0.39, 0.29) is 6.04 Å². The molecule has 1 aromatic heterocycles. The van der Waals surface area contributed by atoms with E-state index in [0.29, 0.717) is 23.3 Å². The number of anilines is 1. The highest BCUT2D eigenvalue weighted by molar-refractivity contribution is 6.00. The maximum absolute atomic E-state index is 11.9. The number of nitrogens with zero attached hydrogens (tertiary/aromatic N) is 1. The van der Waals surface area contributed by atoms with E-state index in [4.69, 9.17) is 5.73 Å². The Balaban J connectivity index is 1.50. The van der Waals surface area contributed by atoms with Crippen molar-refractivity contribution >= 4 is 23.6 Å². The number of carboxylic acids is 1. The van der Waals surface area contributed by atoms with E-state index in [1.165, 1.54) is 0 Å². The standard InChI is InChI=1S/C20H23N3O3/c21-18(24)14-9-22-15-3-1-2-13(15)17(14)23-16-11-4-10-5-12(16)8-20(6-10,7-11)19(25)26/h1-2,9-12,16H,3-8H2,(H2,21,24)(H,22,23)(H,25,26)/t10?,11-,12+,16?,20?. The fourth-order valence-electron chi connectivity index (χ4n) is 6.23. The van der Waals surface area contributed by atoms with Crippen molar-refractivity contribution in [1.82, 2.24) is 4.98 Å². The van der Waals surface area contributed by atoms with Crippen LogP contribution in [0.3, 0.4) is 0 Å². The van der Waals surface area contributed by atoms with Gasteiger partial charge in [0.2, 0.25) is 0 Å². The van der Waals surface area contributed by atoms with Crippen molar-refractivity contribution < 1.29 is 14.7 Å². The Kier molecular flexibility index (Phi) is 3.24. The quantitative estimate of drug-likeness (QED) is 0.771. The SMILES string of the molecule is NC(=O)c1cnc2c(c1NC1[C@@H]3CC4C[C@H]1CC(C(=O)O)(C4)C3)C=CC2. The number of pyridine rings is 1. The van der Waals surface area contributed by atoms with E-state index in [2.05, 4.69) is 10.3 Å². The predicted molar refractivity (Wildman–Crippen MR) is 96.5 cm³/mol. The van der Waals surface area contributed by atoms with Crippen molar-refractivity contribution in [2.24, 2.45) is 28.9 Å². The first-order chi connectivity index (χ1) is 12.5. The van der Waals surface area contributed by atoms with Gasteiger partial charge in [-0.25, -0.2) is 0 Å². The molecule has 4 fully saturated rings. The average molecular weight is 353 g/mol. The Labute approximate surface area is 151 Å². The van der Waals surface area contributed by atoms with Gasteiger partial charge in [0.05, 0.1) is 22.4 Å². The largest absolute Gasteiger partial charge is 0.481 e. The summed E-state index contributed by atoms with van der Waals surface area (Å²) in [4.78, 5) is 28.2. The number of nitrogens with two attached hydrogens (primary N) is 1. The van der Waals surface area contributed by atoms with Crippen LogP contribution in [0.4, 0.5) is 5.69 Å². The number of aliphatic carboxylic acids is 1. The lowest BCUT2D eigenvalue weighted by Crippen LogP contribution is -2.58. The van der Waals surface area contributed by atoms with Gasteiger partial charge < -0.3 is 16.2 Å². The van der Waals surface area contributed by atoms with Crippen LogP contribution in [0.2, 0.25) is 0 Å². The monoisotopic (exact) mass is 353 g/mol. The molecular formula is C20H23N3O3. The van der Waals surface area contributed by atoms with Gasteiger partial charge in [-0.05, 0) is 49.9 Å². The molecule has 1 heterocycles. The lowest BCUT2D eigenvalue weighted by molar-refractivity contribution is -0.165. The van der Waals surface area contributed by atoms with Gasteiger partial charge in [0.25, 0.3) is 5.91 Å². The first kappa shape index (κ1) is 15.9. The Morgan fingerprint density at radius 2 is 1.96 bits per heavy atom. The molecule has 6 nitrogen and oxygen atoms in total. The highest BCUT2D eigenvalue weighted by Gasteiger charge is 2.58. The van der Waals surface area contributed by atoms with Crippen LogP contribution in [0, 0.1) is 23.2 Å². The smallest absolute Gasteiger partial charge is 0.309 e. The second-order valence-electron chi connectivity index (χ2n) is 8.60. The Morgan fingerprint density at radius 3 is 2.62 bits per heavy atom. The third-order valence-electron chi connectivity index (χ3n) is 7.10. The third-order valence-corrected chi connectivity index (χ3v) is 7.10. The topological polar surface area (TPSA) is 105 Å². The summed E-state index contributed by atoms with van der Waals surface area (Å²) in [5, 5.41) is 13.4. The summed E-state index contributed by atoms with van der Waals surface area (Å²) in [6, 6.07) is 0.206. The normalized spacial score (nSPS) is 36.2. The van der Waals surface area contributed by atoms with E-state index >= 15 is 0 Å². The number of aromatic nitrogens is 1. The molecule has 5 aliphatic carbocycles. The van der Waals surface area contributed by atoms with Gasteiger partial charge in [0.1, 0.15) is 0 Å². The number of carboxylic acid groups (broad SMARTS) is 1. The van der Waals surface area contributed by atoms with E-state index < -0.39 is 17.3 Å². The van der Waals surface area contributed by atoms with Crippen LogP contribution in [0.15, 0.2) is 12.3 Å². The van der Waals surface area contributed by atoms with Gasteiger partial charge in [-0.3, -0.25) is 14.6 Å². The molecule has 0 aromatic carbocycles. The molecule has 0 saturated heterocycles. The van der Waals surface area contributed by atoms with Crippen LogP contribution in [-0.2, 0) is 11.2 Å². The lowest BCUT2D eigenvalue weighted by Gasteiger charge is -2.58. The number of fused-ring (bicyclic) bond motifs is 1. The molecule has 0 spiro atoms. The number of hydrogen-bond donors (Lipinski definition) is 3. The fraction of sp³-hybridized carbons (Fsp3) is 0.550. The molecule has 4 N–H and O–H groups in total. The van der Waals surface area contributed by atoms with Crippen LogP contribution in [-0.4, -0.2) is 28.0 Å². The fourth-order valence-corrected chi connectivity index (χ4v) is 6.23. The van der Waals surface area contributed by atoms with Crippen molar-refractivity contribution in [3.8, 4) is 0 Å². The molecule has 0 radical (unpaired) electrons. The maximum atomic E-state index is 11.9. The van der Waals surface area contributed by atoms with Crippen LogP contribution in [0.25, 0.3) is 6.08 Å². The predicted octanol–water partition coefficient (Wildman–Crippen LogP) is 2.44. The molecule has 3 unspecified atom stereocenters. The van der Waals surface area contributed by atoms with Gasteiger partial charge in [0, 0.05) is 24.2 Å². The highest BCUT2D eigenvalue weighted by atomic mass is 16.4. The van der Waals surface area contributed by atoms with Crippen molar-refractivity contribution in [1.29, 1.82) is 0 Å². The van der Waals surface area contributed by atoms with Crippen LogP contribution >= 0.6 is 0 Å². The zero-order valence-corrected chi connectivity index (χ0v) is 14.6. The van der Waals surface area contributed by atoms with E-state index in [0.717, 1.165) is 55.5 Å². The number of rotatable bonds is 4. The number of carbonyl (C=O) groups excluding carboxylic acids is 1. The Bertz CT molecular complexity index is 831. The number of primary amides is 1. The summed E-state index contributed by atoms with van der Waals surface area (Å²) in [6.07, 6.45) is 10.9. The molecule has 1 aromatic rings. The van der Waals surface area contributed by atoms with Crippen molar-refractivity contribution in [3.63, 3.8) is 0 Å². The summed E-state index contributed by atoms with van der Waals surface area (Å²) >= 11 is 0. The van der Waals surface area contributed by atoms with E-state index in [1.807, 2.05) is 12.2 Å². The molecule has 0 aliphatic heterocycles. The minimum atomic E-state index is -0.624. The van der Waals surface area contributed by atoms with Gasteiger partial charge >= 0.3 is 5.97 Å². The Hall–Kier alpha value is -2.37. The molecule has 26 heavy (non-hydrogen) atoms. The van der Waals surface area contributed by atoms with Gasteiger partial charge in [-0.1, -0.05) is 12.2 Å². The van der Waals surface area contributed by atoms with E-state index in [9.17, 15) is 14.7 Å². The third kappa shape index (κ3) is 2.14. The molecule has 5 atom stereocenters. The first-order valence-corrected chi connectivity index (χ1v) is 9.45. The second kappa shape index (κ2) is 5.32. The lowest BCUT2D eigenvalue weighted by atomic mass is 9.48. The molecule has 4 saturated carbocycles. The van der Waals surface area contributed by atoms with Crippen LogP contribution in [0.5, 0.6) is 0 Å². The minimum absolute atomic E-state index is 0.206. The number of amides is 1. The van der Waals surface area contributed by atoms with Crippen LogP contribution < -0.4 is 11.1 Å². The first-order valence-electron chi connectivity index (χ1n) is 9.45. The summed E-state index contributed by atoms with van der Waals surface area (Å²) in [5.74, 6) is 0.106. The molecule has 5 aliphatic rings. The zero-order valence-electron chi connectivity index (χ0n) is 14.6. The summed E-state index contributed by atoms with van der Waals surface area (Å²) in [7, 11) is 0. The molecular weight excluding hydrogens is 330 g/mol. The van der Waals surface area contributed by atoms with Gasteiger partial charge in [0.15, 0.2) is 0 Å². The summed E-state index contributed by atoms with van der Waals surface area (Å²) in [5.41, 5.74) is 8.21. The van der Waals surface area contributed by atoms with E-state index in [1.54, 1.807) is 6.20 Å². The average Bonchev–Trinajstić information content (AvgIpc) is 3.06. The van der Waals surface area contributed by atoms with Gasteiger partial charge in [-0.2, -0.15) is 0 Å². The number of nitrogens with one attached hydrogen (secondary N) is 1. The van der Waals surface area contributed by atoms with Crippen LogP contribution in [0.1, 0.15) is 53.7 Å². The highest BCUT2D eigenvalue weighted by Crippen LogP contribution is 2.60. The Morgan fingerprint density at radius 1 is 1.23 bits per heavy atom. The number of hydrogen-bond acceptors (Lipinski definition) is 4. The molecule has 136 valence electrons. The van der Waals surface area contributed by atoms with Crippen molar-refractivity contribution in [2.75, 3.05) is 5.32 Å². The van der Waals surface area contributed by atoms with Crippen molar-refractivity contribution in [2.45, 2.75) is 44.6 Å². The summed E-state index contributed by atoms with van der Waals surface area (Å²) in [6.45, 7) is 0. The molecule has 1 amide bonds. The van der Waals surface area contributed by atoms with Gasteiger partial charge in [-0.15, -0.1) is 0 Å². The minimum Gasteiger partial charge on any atom is -0.481 e. The maximum Gasteiger partial charge on any atom is 0.309 e. The summed E-state index contributed by atoms with van der Waals surface area (Å²) < 4.78 is 0. The second-order valence-corrected chi connectivity index (χ2v) is 8.60. The zero-order chi connectivity index (χ0) is 18.1. The number of carbonyl (C=O) groups is 2. The molecule has 6 rings (SSSR count). The van der Waals surface area contributed by atoms with Crippen molar-refractivity contribution in [3.05, 3.63) is 29.1 Å². The molecule has 4 bridgehead atoms. The number of allylic oxidation sites excluding steroid dienone is 1. The molecule has 6 heteroatoms.